The summed E-state index contributed by atoms with van der Waals surface area (Å²) in [4.78, 5) is 1.03. The van der Waals surface area contributed by atoms with E-state index in [0.717, 1.165) is 17.7 Å². The molecule has 1 atom stereocenters. The van der Waals surface area contributed by atoms with Crippen molar-refractivity contribution < 1.29 is 8.42 Å². The van der Waals surface area contributed by atoms with E-state index in [1.807, 2.05) is 38.1 Å². The molecule has 6 heteroatoms. The van der Waals surface area contributed by atoms with Crippen molar-refractivity contribution in [2.24, 2.45) is 0 Å². The second-order valence-corrected chi connectivity index (χ2v) is 7.59. The lowest BCUT2D eigenvalue weighted by Gasteiger charge is -2.12. The SMILES string of the molecule is CCCC(C)NS(=O)(=O)CCSc1ccc(N)cc1. The van der Waals surface area contributed by atoms with Crippen LogP contribution in [0.5, 0.6) is 0 Å². The average molecular weight is 302 g/mol. The van der Waals surface area contributed by atoms with Crippen LogP contribution in [0.2, 0.25) is 0 Å². The van der Waals surface area contributed by atoms with Crippen LogP contribution in [0.3, 0.4) is 0 Å². The number of nitrogens with two attached hydrogens (primary N) is 1. The highest BCUT2D eigenvalue weighted by atomic mass is 32.2. The minimum atomic E-state index is -3.18. The van der Waals surface area contributed by atoms with Crippen molar-refractivity contribution in [2.45, 2.75) is 37.6 Å². The van der Waals surface area contributed by atoms with E-state index in [1.54, 1.807) is 0 Å². The van der Waals surface area contributed by atoms with E-state index < -0.39 is 10.0 Å². The molecule has 1 unspecified atom stereocenters. The molecule has 19 heavy (non-hydrogen) atoms. The zero-order valence-corrected chi connectivity index (χ0v) is 13.1. The number of nitrogens with one attached hydrogen (secondary N) is 1. The Balaban J connectivity index is 2.37. The van der Waals surface area contributed by atoms with Crippen molar-refractivity contribution in [1.29, 1.82) is 0 Å². The Hall–Kier alpha value is -0.720. The van der Waals surface area contributed by atoms with Crippen LogP contribution < -0.4 is 10.5 Å². The summed E-state index contributed by atoms with van der Waals surface area (Å²) in [6, 6.07) is 7.45. The van der Waals surface area contributed by atoms with E-state index in [-0.39, 0.29) is 11.8 Å². The first-order chi connectivity index (χ1) is 8.93. The first kappa shape index (κ1) is 16.3. The summed E-state index contributed by atoms with van der Waals surface area (Å²) in [5.74, 6) is 0.675. The van der Waals surface area contributed by atoms with Gasteiger partial charge in [-0.25, -0.2) is 13.1 Å². The molecule has 1 rings (SSSR count). The number of anilines is 1. The van der Waals surface area contributed by atoms with Gasteiger partial charge < -0.3 is 5.73 Å². The first-order valence-electron chi connectivity index (χ1n) is 6.41. The van der Waals surface area contributed by atoms with E-state index >= 15 is 0 Å². The van der Waals surface area contributed by atoms with E-state index in [0.29, 0.717) is 11.4 Å². The maximum Gasteiger partial charge on any atom is 0.212 e. The molecule has 0 fully saturated rings. The largest absolute Gasteiger partial charge is 0.399 e. The molecule has 0 aliphatic heterocycles. The number of benzene rings is 1. The maximum atomic E-state index is 11.8. The molecule has 0 aliphatic rings. The quantitative estimate of drug-likeness (QED) is 0.571. The molecule has 0 radical (unpaired) electrons. The highest BCUT2D eigenvalue weighted by molar-refractivity contribution is 8.00. The minimum Gasteiger partial charge on any atom is -0.399 e. The Morgan fingerprint density at radius 2 is 1.95 bits per heavy atom. The molecule has 0 aromatic heterocycles. The third-order valence-electron chi connectivity index (χ3n) is 2.60. The maximum absolute atomic E-state index is 11.8. The third-order valence-corrected chi connectivity index (χ3v) is 5.38. The summed E-state index contributed by atoms with van der Waals surface area (Å²) in [6.45, 7) is 3.94. The number of hydrogen-bond donors (Lipinski definition) is 2. The Morgan fingerprint density at radius 1 is 1.32 bits per heavy atom. The summed E-state index contributed by atoms with van der Waals surface area (Å²) >= 11 is 1.52. The normalized spacial score (nSPS) is 13.4. The number of nitrogen functional groups attached to an aromatic ring is 1. The molecule has 3 N–H and O–H groups in total. The monoisotopic (exact) mass is 302 g/mol. The fraction of sp³-hybridized carbons (Fsp3) is 0.538. The van der Waals surface area contributed by atoms with Crippen molar-refractivity contribution >= 4 is 27.5 Å². The molecule has 0 amide bonds. The van der Waals surface area contributed by atoms with Crippen LogP contribution in [-0.2, 0) is 10.0 Å². The van der Waals surface area contributed by atoms with Crippen molar-refractivity contribution in [3.8, 4) is 0 Å². The van der Waals surface area contributed by atoms with E-state index in [4.69, 9.17) is 5.73 Å². The number of thioether (sulfide) groups is 1. The van der Waals surface area contributed by atoms with Gasteiger partial charge in [-0.2, -0.15) is 0 Å². The first-order valence-corrected chi connectivity index (χ1v) is 9.05. The van der Waals surface area contributed by atoms with Gasteiger partial charge in [-0.05, 0) is 37.6 Å². The number of rotatable bonds is 8. The Labute approximate surface area is 120 Å². The highest BCUT2D eigenvalue weighted by Gasteiger charge is 2.13. The molecular formula is C13H22N2O2S2. The second kappa shape index (κ2) is 7.77. The van der Waals surface area contributed by atoms with E-state index in [9.17, 15) is 8.42 Å². The van der Waals surface area contributed by atoms with Gasteiger partial charge in [0.15, 0.2) is 0 Å². The van der Waals surface area contributed by atoms with Gasteiger partial charge in [0.05, 0.1) is 5.75 Å². The van der Waals surface area contributed by atoms with Crippen LogP contribution in [0.1, 0.15) is 26.7 Å². The molecule has 0 saturated carbocycles. The topological polar surface area (TPSA) is 72.2 Å². The standard InChI is InChI=1S/C13H22N2O2S2/c1-3-4-11(2)15-19(16,17)10-9-18-13-7-5-12(14)6-8-13/h5-8,11,15H,3-4,9-10,14H2,1-2H3. The Kier molecular flexibility index (Phi) is 6.68. The molecule has 108 valence electrons. The zero-order chi connectivity index (χ0) is 14.3. The lowest BCUT2D eigenvalue weighted by atomic mass is 10.2. The summed E-state index contributed by atoms with van der Waals surface area (Å²) in [6.07, 6.45) is 1.84. The lowest BCUT2D eigenvalue weighted by Crippen LogP contribution is -2.34. The van der Waals surface area contributed by atoms with Crippen LogP contribution >= 0.6 is 11.8 Å². The van der Waals surface area contributed by atoms with Crippen molar-refractivity contribution in [1.82, 2.24) is 4.72 Å². The van der Waals surface area contributed by atoms with Gasteiger partial charge in [0.25, 0.3) is 0 Å². The van der Waals surface area contributed by atoms with Crippen LogP contribution in [0.25, 0.3) is 0 Å². The summed E-state index contributed by atoms with van der Waals surface area (Å²) in [5, 5.41) is 0. The molecule has 0 aliphatic carbocycles. The van der Waals surface area contributed by atoms with Gasteiger partial charge in [-0.3, -0.25) is 0 Å². The number of hydrogen-bond acceptors (Lipinski definition) is 4. The van der Waals surface area contributed by atoms with Gasteiger partial charge in [0, 0.05) is 22.4 Å². The fourth-order valence-electron chi connectivity index (χ4n) is 1.69. The molecule has 4 nitrogen and oxygen atoms in total. The van der Waals surface area contributed by atoms with Crippen LogP contribution in [-0.4, -0.2) is 26.0 Å². The summed E-state index contributed by atoms with van der Waals surface area (Å²) in [5.41, 5.74) is 6.31. The highest BCUT2D eigenvalue weighted by Crippen LogP contribution is 2.19. The Bertz CT molecular complexity index is 472. The predicted molar refractivity (Wildman–Crippen MR) is 82.9 cm³/mol. The Morgan fingerprint density at radius 3 is 2.53 bits per heavy atom. The van der Waals surface area contributed by atoms with Crippen molar-refractivity contribution in [3.63, 3.8) is 0 Å². The fourth-order valence-corrected chi connectivity index (χ4v) is 4.31. The summed E-state index contributed by atoms with van der Waals surface area (Å²) < 4.78 is 26.3. The molecule has 0 spiro atoms. The molecule has 1 aromatic rings. The lowest BCUT2D eigenvalue weighted by molar-refractivity contribution is 0.545. The molecule has 0 saturated heterocycles. The molecular weight excluding hydrogens is 280 g/mol. The molecule has 1 aromatic carbocycles. The van der Waals surface area contributed by atoms with Gasteiger partial charge in [-0.1, -0.05) is 13.3 Å². The predicted octanol–water partition coefficient (Wildman–Crippen LogP) is 2.47. The van der Waals surface area contributed by atoms with E-state index in [2.05, 4.69) is 4.72 Å². The van der Waals surface area contributed by atoms with Crippen molar-refractivity contribution in [3.05, 3.63) is 24.3 Å². The third kappa shape index (κ3) is 6.84. The number of sulfonamides is 1. The molecule has 0 heterocycles. The van der Waals surface area contributed by atoms with Crippen LogP contribution in [0.15, 0.2) is 29.2 Å². The van der Waals surface area contributed by atoms with Gasteiger partial charge in [0.1, 0.15) is 0 Å². The van der Waals surface area contributed by atoms with Crippen LogP contribution in [0.4, 0.5) is 5.69 Å². The molecule has 0 bridgehead atoms. The summed E-state index contributed by atoms with van der Waals surface area (Å²) in [7, 11) is -3.18. The van der Waals surface area contributed by atoms with Gasteiger partial charge >= 0.3 is 0 Å². The van der Waals surface area contributed by atoms with Gasteiger partial charge in [-0.15, -0.1) is 11.8 Å². The van der Waals surface area contributed by atoms with Gasteiger partial charge in [0.2, 0.25) is 10.0 Å². The zero-order valence-electron chi connectivity index (χ0n) is 11.4. The second-order valence-electron chi connectivity index (χ2n) is 4.54. The smallest absolute Gasteiger partial charge is 0.212 e. The van der Waals surface area contributed by atoms with Crippen LogP contribution in [0, 0.1) is 0 Å². The van der Waals surface area contributed by atoms with Crippen molar-refractivity contribution in [2.75, 3.05) is 17.2 Å². The van der Waals surface area contributed by atoms with E-state index in [1.165, 1.54) is 11.8 Å². The minimum absolute atomic E-state index is 0.0107. The average Bonchev–Trinajstić information content (AvgIpc) is 2.31.